The maximum absolute atomic E-state index is 12.8. The van der Waals surface area contributed by atoms with Crippen LogP contribution >= 0.6 is 0 Å². The summed E-state index contributed by atoms with van der Waals surface area (Å²) < 4.78 is 0. The fourth-order valence-corrected chi connectivity index (χ4v) is 3.67. The van der Waals surface area contributed by atoms with E-state index in [0.717, 1.165) is 48.2 Å². The van der Waals surface area contributed by atoms with E-state index in [1.807, 2.05) is 53.7 Å². The van der Waals surface area contributed by atoms with Gasteiger partial charge in [-0.2, -0.15) is 0 Å². The van der Waals surface area contributed by atoms with Crippen molar-refractivity contribution in [2.75, 3.05) is 25.0 Å². The summed E-state index contributed by atoms with van der Waals surface area (Å²) in [5.41, 5.74) is 2.82. The molecular weight excluding hydrogens is 312 g/mol. The Hall–Kier alpha value is -2.82. The van der Waals surface area contributed by atoms with Crippen LogP contribution in [0, 0.1) is 0 Å². The van der Waals surface area contributed by atoms with Crippen molar-refractivity contribution in [3.05, 3.63) is 60.4 Å². The van der Waals surface area contributed by atoms with Gasteiger partial charge in [0.25, 0.3) is 5.91 Å². The van der Waals surface area contributed by atoms with Crippen molar-refractivity contribution in [3.8, 4) is 0 Å². The number of nitrogens with zero attached hydrogens (tertiary/aromatic N) is 3. The number of rotatable bonds is 3. The van der Waals surface area contributed by atoms with Crippen LogP contribution in [0.1, 0.15) is 23.2 Å². The van der Waals surface area contributed by atoms with Crippen LogP contribution in [-0.2, 0) is 0 Å². The Kier molecular flexibility index (Phi) is 4.14. The summed E-state index contributed by atoms with van der Waals surface area (Å²) in [5.74, 6) is 0.125. The zero-order chi connectivity index (χ0) is 17.2. The predicted molar refractivity (Wildman–Crippen MR) is 99.9 cm³/mol. The van der Waals surface area contributed by atoms with Crippen LogP contribution in [-0.4, -0.2) is 47.0 Å². The molecule has 1 aliphatic rings. The number of anilines is 1. The van der Waals surface area contributed by atoms with Gasteiger partial charge in [0.15, 0.2) is 0 Å². The van der Waals surface area contributed by atoms with Crippen molar-refractivity contribution in [2.24, 2.45) is 0 Å². The molecule has 128 valence electrons. The fourth-order valence-electron chi connectivity index (χ4n) is 3.67. The highest BCUT2D eigenvalue weighted by Crippen LogP contribution is 2.28. The van der Waals surface area contributed by atoms with Crippen molar-refractivity contribution in [2.45, 2.75) is 18.9 Å². The van der Waals surface area contributed by atoms with Crippen LogP contribution in [0.4, 0.5) is 5.69 Å². The molecule has 1 aliphatic heterocycles. The first kappa shape index (κ1) is 15.7. The second-order valence-electron chi connectivity index (χ2n) is 6.59. The average Bonchev–Trinajstić information content (AvgIpc) is 3.16. The molecule has 0 unspecified atom stereocenters. The van der Waals surface area contributed by atoms with Crippen molar-refractivity contribution in [1.29, 1.82) is 0 Å². The summed E-state index contributed by atoms with van der Waals surface area (Å²) in [6.07, 6.45) is 5.86. The number of nitrogens with one attached hydrogen (secondary N) is 1. The minimum atomic E-state index is 0.125. The minimum Gasteiger partial charge on any atom is -0.369 e. The van der Waals surface area contributed by atoms with Gasteiger partial charge in [-0.3, -0.25) is 4.79 Å². The van der Waals surface area contributed by atoms with Gasteiger partial charge < -0.3 is 14.8 Å². The lowest BCUT2D eigenvalue weighted by atomic mass is 10.0. The second kappa shape index (κ2) is 6.59. The number of hydrogen-bond acceptors (Lipinski definition) is 3. The normalized spacial score (nSPS) is 17.6. The maximum atomic E-state index is 12.8. The molecule has 0 bridgehead atoms. The van der Waals surface area contributed by atoms with E-state index in [1.165, 1.54) is 0 Å². The first-order valence-corrected chi connectivity index (χ1v) is 8.73. The quantitative estimate of drug-likeness (QED) is 0.799. The molecule has 0 radical (unpaired) electrons. The molecule has 1 aromatic carbocycles. The van der Waals surface area contributed by atoms with Crippen LogP contribution in [0.15, 0.2) is 54.9 Å². The van der Waals surface area contributed by atoms with E-state index in [-0.39, 0.29) is 5.91 Å². The molecule has 1 amide bonds. The van der Waals surface area contributed by atoms with Gasteiger partial charge in [0.1, 0.15) is 5.65 Å². The summed E-state index contributed by atoms with van der Waals surface area (Å²) in [4.78, 5) is 24.6. The van der Waals surface area contributed by atoms with Gasteiger partial charge in [0.05, 0.1) is 0 Å². The highest BCUT2D eigenvalue weighted by Gasteiger charge is 2.27. The predicted octanol–water partition coefficient (Wildman–Crippen LogP) is 3.30. The summed E-state index contributed by atoms with van der Waals surface area (Å²) >= 11 is 0. The van der Waals surface area contributed by atoms with E-state index < -0.39 is 0 Å². The number of fused-ring (bicyclic) bond motifs is 1. The van der Waals surface area contributed by atoms with Crippen molar-refractivity contribution < 1.29 is 4.79 Å². The number of likely N-dealkylation sites (N-methyl/N-ethyl adjacent to an activating group) is 1. The fraction of sp³-hybridized carbons (Fsp3) is 0.300. The van der Waals surface area contributed by atoms with E-state index in [2.05, 4.69) is 28.0 Å². The van der Waals surface area contributed by atoms with Gasteiger partial charge in [-0.1, -0.05) is 18.2 Å². The molecule has 3 aromatic rings. The molecule has 1 atom stereocenters. The Morgan fingerprint density at radius 1 is 1.24 bits per heavy atom. The van der Waals surface area contributed by atoms with Crippen LogP contribution in [0.3, 0.4) is 0 Å². The number of benzene rings is 1. The van der Waals surface area contributed by atoms with E-state index in [9.17, 15) is 4.79 Å². The molecule has 0 saturated carbocycles. The number of amides is 1. The number of likely N-dealkylation sites (tertiary alicyclic amines) is 1. The lowest BCUT2D eigenvalue weighted by molar-refractivity contribution is 0.0707. The van der Waals surface area contributed by atoms with Crippen LogP contribution in [0.2, 0.25) is 0 Å². The zero-order valence-corrected chi connectivity index (χ0v) is 14.4. The second-order valence-corrected chi connectivity index (χ2v) is 6.59. The van der Waals surface area contributed by atoms with Crippen LogP contribution in [0.5, 0.6) is 0 Å². The summed E-state index contributed by atoms with van der Waals surface area (Å²) in [5, 5.41) is 1.12. The number of aromatic nitrogens is 2. The van der Waals surface area contributed by atoms with Crippen molar-refractivity contribution in [3.63, 3.8) is 0 Å². The zero-order valence-electron chi connectivity index (χ0n) is 14.4. The number of piperidine rings is 1. The highest BCUT2D eigenvalue weighted by atomic mass is 16.2. The first-order chi connectivity index (χ1) is 12.2. The molecule has 5 nitrogen and oxygen atoms in total. The molecule has 4 rings (SSSR count). The largest absolute Gasteiger partial charge is 0.369 e. The Bertz CT molecular complexity index is 874. The summed E-state index contributed by atoms with van der Waals surface area (Å²) in [6, 6.07) is 14.0. The Balaban J connectivity index is 1.55. The van der Waals surface area contributed by atoms with E-state index in [1.54, 1.807) is 0 Å². The molecule has 1 saturated heterocycles. The van der Waals surface area contributed by atoms with E-state index in [4.69, 9.17) is 0 Å². The van der Waals surface area contributed by atoms with Gasteiger partial charge in [0.2, 0.25) is 0 Å². The lowest BCUT2D eigenvalue weighted by Gasteiger charge is -2.39. The van der Waals surface area contributed by atoms with Crippen molar-refractivity contribution in [1.82, 2.24) is 14.9 Å². The maximum Gasteiger partial charge on any atom is 0.253 e. The monoisotopic (exact) mass is 334 g/mol. The summed E-state index contributed by atoms with van der Waals surface area (Å²) in [7, 11) is 2.11. The standard InChI is InChI=1S/C20H22N4O/c1-23(18-10-12-22-19-17(18)9-11-21-19)16-8-5-13-24(14-16)20(25)15-6-3-2-4-7-15/h2-4,6-7,9-12,16H,5,8,13-14H2,1H3,(H,21,22)/t16-/m1/s1. The average molecular weight is 334 g/mol. The summed E-state index contributed by atoms with van der Waals surface area (Å²) in [6.45, 7) is 1.58. The number of hydrogen-bond donors (Lipinski definition) is 1. The Labute approximate surface area is 147 Å². The molecular formula is C20H22N4O. The number of pyridine rings is 1. The number of carbonyl (C=O) groups is 1. The van der Waals surface area contributed by atoms with Crippen LogP contribution < -0.4 is 4.90 Å². The van der Waals surface area contributed by atoms with Crippen molar-refractivity contribution >= 4 is 22.6 Å². The molecule has 0 aliphatic carbocycles. The lowest BCUT2D eigenvalue weighted by Crippen LogP contribution is -2.48. The molecule has 25 heavy (non-hydrogen) atoms. The third-order valence-corrected chi connectivity index (χ3v) is 5.07. The first-order valence-electron chi connectivity index (χ1n) is 8.73. The Morgan fingerprint density at radius 3 is 2.92 bits per heavy atom. The highest BCUT2D eigenvalue weighted by molar-refractivity contribution is 5.94. The van der Waals surface area contributed by atoms with Gasteiger partial charge in [-0.25, -0.2) is 4.98 Å². The molecule has 2 aromatic heterocycles. The SMILES string of the molecule is CN(c1ccnc2[nH]ccc12)[C@@H]1CCCN(C(=O)c2ccccc2)C1. The molecule has 3 heterocycles. The number of H-pyrrole nitrogens is 1. The third kappa shape index (κ3) is 2.97. The third-order valence-electron chi connectivity index (χ3n) is 5.07. The van der Waals surface area contributed by atoms with Gasteiger partial charge in [0, 0.05) is 55.2 Å². The van der Waals surface area contributed by atoms with Crippen LogP contribution in [0.25, 0.3) is 11.0 Å². The Morgan fingerprint density at radius 2 is 2.08 bits per heavy atom. The molecule has 1 fully saturated rings. The topological polar surface area (TPSA) is 52.2 Å². The van der Waals surface area contributed by atoms with Gasteiger partial charge >= 0.3 is 0 Å². The minimum absolute atomic E-state index is 0.125. The number of carbonyl (C=O) groups excluding carboxylic acids is 1. The van der Waals surface area contributed by atoms with E-state index >= 15 is 0 Å². The van der Waals surface area contributed by atoms with E-state index in [0.29, 0.717) is 6.04 Å². The molecule has 5 heteroatoms. The smallest absolute Gasteiger partial charge is 0.253 e. The molecule has 0 spiro atoms. The van der Waals surface area contributed by atoms with Gasteiger partial charge in [-0.15, -0.1) is 0 Å². The van der Waals surface area contributed by atoms with Gasteiger partial charge in [-0.05, 0) is 37.1 Å². The number of aromatic amines is 1. The molecule has 1 N–H and O–H groups in total.